The third-order valence-electron chi connectivity index (χ3n) is 3.75. The summed E-state index contributed by atoms with van der Waals surface area (Å²) in [6.07, 6.45) is 2.27. The molecular formula is C15H21NO2. The van der Waals surface area contributed by atoms with E-state index in [0.717, 1.165) is 31.5 Å². The lowest BCUT2D eigenvalue weighted by Gasteiger charge is -2.28. The van der Waals surface area contributed by atoms with Gasteiger partial charge in [0.15, 0.2) is 6.10 Å². The molecule has 0 aliphatic carbocycles. The SMILES string of the molecule is Cc1ccc(C(O)C(=O)N2CCCCC2)cc1C. The Morgan fingerprint density at radius 1 is 1.17 bits per heavy atom. The van der Waals surface area contributed by atoms with Crippen LogP contribution in [-0.2, 0) is 4.79 Å². The molecule has 1 aromatic rings. The molecule has 1 unspecified atom stereocenters. The number of carbonyl (C=O) groups excluding carboxylic acids is 1. The van der Waals surface area contributed by atoms with Gasteiger partial charge >= 0.3 is 0 Å². The lowest BCUT2D eigenvalue weighted by molar-refractivity contribution is -0.141. The minimum absolute atomic E-state index is 0.155. The molecular weight excluding hydrogens is 226 g/mol. The van der Waals surface area contributed by atoms with Gasteiger partial charge in [-0.15, -0.1) is 0 Å². The summed E-state index contributed by atoms with van der Waals surface area (Å²) in [6.45, 7) is 5.58. The van der Waals surface area contributed by atoms with Crippen LogP contribution < -0.4 is 0 Å². The van der Waals surface area contributed by atoms with Crippen molar-refractivity contribution in [2.45, 2.75) is 39.2 Å². The molecule has 2 rings (SSSR count). The molecule has 0 radical (unpaired) electrons. The number of aliphatic hydroxyl groups is 1. The van der Waals surface area contributed by atoms with Gasteiger partial charge in [-0.25, -0.2) is 0 Å². The fourth-order valence-electron chi connectivity index (χ4n) is 2.36. The normalized spacial score (nSPS) is 17.6. The van der Waals surface area contributed by atoms with Crippen LogP contribution in [0.2, 0.25) is 0 Å². The van der Waals surface area contributed by atoms with E-state index in [9.17, 15) is 9.90 Å². The molecule has 98 valence electrons. The Morgan fingerprint density at radius 3 is 2.44 bits per heavy atom. The van der Waals surface area contributed by atoms with Gasteiger partial charge in [0, 0.05) is 13.1 Å². The summed E-state index contributed by atoms with van der Waals surface area (Å²) in [5.41, 5.74) is 2.99. The maximum atomic E-state index is 12.2. The standard InChI is InChI=1S/C15H21NO2/c1-11-6-7-13(10-12(11)2)14(17)15(18)16-8-4-3-5-9-16/h6-7,10,14,17H,3-5,8-9H2,1-2H3. The fourth-order valence-corrected chi connectivity index (χ4v) is 2.36. The molecule has 3 heteroatoms. The largest absolute Gasteiger partial charge is 0.378 e. The number of aryl methyl sites for hydroxylation is 2. The molecule has 1 amide bonds. The summed E-state index contributed by atoms with van der Waals surface area (Å²) in [4.78, 5) is 14.0. The first-order chi connectivity index (χ1) is 8.59. The van der Waals surface area contributed by atoms with E-state index in [2.05, 4.69) is 0 Å². The third kappa shape index (κ3) is 2.72. The summed E-state index contributed by atoms with van der Waals surface area (Å²) in [6, 6.07) is 5.70. The highest BCUT2D eigenvalue weighted by Crippen LogP contribution is 2.21. The van der Waals surface area contributed by atoms with E-state index in [-0.39, 0.29) is 5.91 Å². The number of aliphatic hydroxyl groups excluding tert-OH is 1. The number of benzene rings is 1. The van der Waals surface area contributed by atoms with Gasteiger partial charge in [0.05, 0.1) is 0 Å². The van der Waals surface area contributed by atoms with Gasteiger partial charge < -0.3 is 10.0 Å². The predicted octanol–water partition coefficient (Wildman–Crippen LogP) is 2.35. The summed E-state index contributed by atoms with van der Waals surface area (Å²) in [7, 11) is 0. The van der Waals surface area contributed by atoms with Gasteiger partial charge in [0.2, 0.25) is 0 Å². The zero-order valence-corrected chi connectivity index (χ0v) is 11.1. The summed E-state index contributed by atoms with van der Waals surface area (Å²) >= 11 is 0. The maximum Gasteiger partial charge on any atom is 0.256 e. The number of likely N-dealkylation sites (tertiary alicyclic amines) is 1. The molecule has 1 aliphatic rings. The van der Waals surface area contributed by atoms with Crippen molar-refractivity contribution in [3.63, 3.8) is 0 Å². The number of hydrogen-bond donors (Lipinski definition) is 1. The minimum atomic E-state index is -1.01. The van der Waals surface area contributed by atoms with Crippen LogP contribution in [0.1, 0.15) is 42.1 Å². The van der Waals surface area contributed by atoms with E-state index in [1.54, 1.807) is 4.90 Å². The highest BCUT2D eigenvalue weighted by Gasteiger charge is 2.24. The Morgan fingerprint density at radius 2 is 1.83 bits per heavy atom. The second kappa shape index (κ2) is 5.53. The monoisotopic (exact) mass is 247 g/mol. The predicted molar refractivity (Wildman–Crippen MR) is 71.3 cm³/mol. The van der Waals surface area contributed by atoms with Crippen molar-refractivity contribution in [3.8, 4) is 0 Å². The van der Waals surface area contributed by atoms with Gasteiger partial charge in [-0.05, 0) is 49.8 Å². The van der Waals surface area contributed by atoms with Crippen molar-refractivity contribution in [1.82, 2.24) is 4.90 Å². The number of nitrogens with zero attached hydrogens (tertiary/aromatic N) is 1. The molecule has 1 atom stereocenters. The zero-order chi connectivity index (χ0) is 13.1. The molecule has 1 heterocycles. The number of hydrogen-bond acceptors (Lipinski definition) is 2. The second-order valence-electron chi connectivity index (χ2n) is 5.13. The summed E-state index contributed by atoms with van der Waals surface area (Å²) < 4.78 is 0. The average molecular weight is 247 g/mol. The average Bonchev–Trinajstić information content (AvgIpc) is 2.41. The van der Waals surface area contributed by atoms with Crippen molar-refractivity contribution < 1.29 is 9.90 Å². The van der Waals surface area contributed by atoms with Crippen LogP contribution in [0.4, 0.5) is 0 Å². The summed E-state index contributed by atoms with van der Waals surface area (Å²) in [5, 5.41) is 10.2. The number of piperidine rings is 1. The third-order valence-corrected chi connectivity index (χ3v) is 3.75. The Kier molecular flexibility index (Phi) is 4.02. The molecule has 3 nitrogen and oxygen atoms in total. The molecule has 0 saturated carbocycles. The number of rotatable bonds is 2. The van der Waals surface area contributed by atoms with Crippen LogP contribution >= 0.6 is 0 Å². The molecule has 0 aromatic heterocycles. The van der Waals surface area contributed by atoms with E-state index < -0.39 is 6.10 Å². The molecule has 0 spiro atoms. The van der Waals surface area contributed by atoms with Crippen molar-refractivity contribution in [2.75, 3.05) is 13.1 Å². The van der Waals surface area contributed by atoms with Gasteiger partial charge in [-0.1, -0.05) is 18.2 Å². The van der Waals surface area contributed by atoms with Crippen LogP contribution in [0.15, 0.2) is 18.2 Å². The van der Waals surface area contributed by atoms with Gasteiger partial charge in [-0.2, -0.15) is 0 Å². The topological polar surface area (TPSA) is 40.5 Å². The zero-order valence-electron chi connectivity index (χ0n) is 11.1. The van der Waals surface area contributed by atoms with Crippen LogP contribution in [0, 0.1) is 13.8 Å². The first-order valence-corrected chi connectivity index (χ1v) is 6.63. The maximum absolute atomic E-state index is 12.2. The van der Waals surface area contributed by atoms with Crippen molar-refractivity contribution in [1.29, 1.82) is 0 Å². The molecule has 0 bridgehead atoms. The van der Waals surface area contributed by atoms with Crippen LogP contribution in [0.5, 0.6) is 0 Å². The van der Waals surface area contributed by atoms with Crippen molar-refractivity contribution in [2.24, 2.45) is 0 Å². The lowest BCUT2D eigenvalue weighted by atomic mass is 10.0. The molecule has 18 heavy (non-hydrogen) atoms. The van der Waals surface area contributed by atoms with E-state index in [1.165, 1.54) is 12.0 Å². The Hall–Kier alpha value is -1.35. The van der Waals surface area contributed by atoms with Crippen molar-refractivity contribution >= 4 is 5.91 Å². The van der Waals surface area contributed by atoms with E-state index >= 15 is 0 Å². The highest BCUT2D eigenvalue weighted by molar-refractivity contribution is 5.82. The molecule has 1 saturated heterocycles. The van der Waals surface area contributed by atoms with Crippen LogP contribution in [-0.4, -0.2) is 29.0 Å². The van der Waals surface area contributed by atoms with E-state index in [4.69, 9.17) is 0 Å². The van der Waals surface area contributed by atoms with Crippen LogP contribution in [0.3, 0.4) is 0 Å². The quantitative estimate of drug-likeness (QED) is 0.871. The molecule has 1 N–H and O–H groups in total. The Balaban J connectivity index is 2.11. The second-order valence-corrected chi connectivity index (χ2v) is 5.13. The lowest BCUT2D eigenvalue weighted by Crippen LogP contribution is -2.38. The van der Waals surface area contributed by atoms with Crippen molar-refractivity contribution in [3.05, 3.63) is 34.9 Å². The molecule has 1 aromatic carbocycles. The number of amides is 1. The Bertz CT molecular complexity index is 436. The Labute approximate surface area is 108 Å². The molecule has 1 aliphatic heterocycles. The smallest absolute Gasteiger partial charge is 0.256 e. The fraction of sp³-hybridized carbons (Fsp3) is 0.533. The van der Waals surface area contributed by atoms with E-state index in [0.29, 0.717) is 5.56 Å². The first kappa shape index (κ1) is 13.1. The van der Waals surface area contributed by atoms with Gasteiger partial charge in [0.25, 0.3) is 5.91 Å². The van der Waals surface area contributed by atoms with Gasteiger partial charge in [0.1, 0.15) is 0 Å². The highest BCUT2D eigenvalue weighted by atomic mass is 16.3. The van der Waals surface area contributed by atoms with Gasteiger partial charge in [-0.3, -0.25) is 4.79 Å². The van der Waals surface area contributed by atoms with Crippen LogP contribution in [0.25, 0.3) is 0 Å². The first-order valence-electron chi connectivity index (χ1n) is 6.63. The minimum Gasteiger partial charge on any atom is -0.378 e. The molecule has 1 fully saturated rings. The van der Waals surface area contributed by atoms with E-state index in [1.807, 2.05) is 32.0 Å². The summed E-state index contributed by atoms with van der Waals surface area (Å²) in [5.74, 6) is -0.155. The number of carbonyl (C=O) groups is 1.